The van der Waals surface area contributed by atoms with Crippen LogP contribution in [0.1, 0.15) is 18.0 Å². The van der Waals surface area contributed by atoms with E-state index in [1.54, 1.807) is 0 Å². The topological polar surface area (TPSA) is 36.4 Å². The summed E-state index contributed by atoms with van der Waals surface area (Å²) in [4.78, 5) is 0. The van der Waals surface area contributed by atoms with Gasteiger partial charge in [-0.25, -0.2) is 0 Å². The van der Waals surface area contributed by atoms with E-state index >= 15 is 0 Å². The lowest BCUT2D eigenvalue weighted by Crippen LogP contribution is -2.38. The Morgan fingerprint density at radius 3 is 3.19 bits per heavy atom. The van der Waals surface area contributed by atoms with Crippen molar-refractivity contribution in [3.05, 3.63) is 34.3 Å². The maximum Gasteiger partial charge on any atom is 0.0783 e. The van der Waals surface area contributed by atoms with Crippen molar-refractivity contribution in [1.29, 1.82) is 0 Å². The molecule has 2 N–H and O–H groups in total. The molecule has 1 saturated heterocycles. The van der Waals surface area contributed by atoms with E-state index in [1.807, 2.05) is 0 Å². The molecule has 0 saturated carbocycles. The van der Waals surface area contributed by atoms with Crippen LogP contribution in [-0.4, -0.2) is 18.8 Å². The molecule has 2 atom stereocenters. The second kappa shape index (κ2) is 4.18. The Morgan fingerprint density at radius 2 is 2.31 bits per heavy atom. The van der Waals surface area contributed by atoms with E-state index in [0.717, 1.165) is 24.0 Å². The highest BCUT2D eigenvalue weighted by atomic mass is 79.9. The van der Waals surface area contributed by atoms with Gasteiger partial charge in [-0.2, -0.15) is 5.10 Å². The zero-order valence-corrected chi connectivity index (χ0v) is 10.5. The first-order valence-electron chi connectivity index (χ1n) is 5.63. The molecular weight excluding hydrogens is 266 g/mol. The van der Waals surface area contributed by atoms with Crippen LogP contribution in [0.15, 0.2) is 33.8 Å². The van der Waals surface area contributed by atoms with Crippen LogP contribution in [0, 0.1) is 5.92 Å². The third-order valence-corrected chi connectivity index (χ3v) is 3.80. The van der Waals surface area contributed by atoms with Gasteiger partial charge < -0.3 is 10.7 Å². The molecule has 3 nitrogen and oxygen atoms in total. The fraction of sp³-hybridized carbons (Fsp3) is 0.417. The van der Waals surface area contributed by atoms with Crippen LogP contribution in [0.3, 0.4) is 0 Å². The third-order valence-electron chi connectivity index (χ3n) is 3.31. The number of fused-ring (bicyclic) bond motifs is 1. The number of nitrogens with one attached hydrogen (secondary N) is 2. The standard InChI is InChI=1S/C12H14BrN3/c13-9-3-1-2-8(6-9)12-10-7-14-5-4-11(10)15-16-12/h1-3,6,10,12,14,16H,4-5,7H2. The van der Waals surface area contributed by atoms with Crippen LogP contribution in [0.5, 0.6) is 0 Å². The van der Waals surface area contributed by atoms with Gasteiger partial charge in [-0.05, 0) is 17.7 Å². The molecule has 2 unspecified atom stereocenters. The number of rotatable bonds is 1. The van der Waals surface area contributed by atoms with Gasteiger partial charge in [0, 0.05) is 35.6 Å². The molecule has 0 aliphatic carbocycles. The van der Waals surface area contributed by atoms with Crippen molar-refractivity contribution in [2.45, 2.75) is 12.5 Å². The van der Waals surface area contributed by atoms with Crippen molar-refractivity contribution in [3.8, 4) is 0 Å². The summed E-state index contributed by atoms with van der Waals surface area (Å²) in [5, 5.41) is 7.89. The lowest BCUT2D eigenvalue weighted by molar-refractivity contribution is 0.450. The summed E-state index contributed by atoms with van der Waals surface area (Å²) in [6, 6.07) is 8.80. The maximum atomic E-state index is 4.46. The Labute approximate surface area is 103 Å². The van der Waals surface area contributed by atoms with Gasteiger partial charge in [0.1, 0.15) is 0 Å². The summed E-state index contributed by atoms with van der Waals surface area (Å²) in [5.41, 5.74) is 5.90. The van der Waals surface area contributed by atoms with Gasteiger partial charge in [0.15, 0.2) is 0 Å². The monoisotopic (exact) mass is 279 g/mol. The molecule has 84 valence electrons. The summed E-state index contributed by atoms with van der Waals surface area (Å²) in [6.45, 7) is 2.09. The van der Waals surface area contributed by atoms with Crippen LogP contribution in [0.2, 0.25) is 0 Å². The van der Waals surface area contributed by atoms with Crippen LogP contribution in [0.25, 0.3) is 0 Å². The highest BCUT2D eigenvalue weighted by Gasteiger charge is 2.34. The molecule has 0 bridgehead atoms. The van der Waals surface area contributed by atoms with Gasteiger partial charge in [-0.3, -0.25) is 0 Å². The molecule has 4 heteroatoms. The Balaban J connectivity index is 1.87. The maximum absolute atomic E-state index is 4.46. The second-order valence-corrected chi connectivity index (χ2v) is 5.24. The Morgan fingerprint density at radius 1 is 1.38 bits per heavy atom. The third kappa shape index (κ3) is 1.76. The quantitative estimate of drug-likeness (QED) is 0.826. The molecule has 2 aliphatic rings. The predicted octanol–water partition coefficient (Wildman–Crippen LogP) is 2.06. The molecule has 3 rings (SSSR count). The molecular formula is C12H14BrN3. The number of hydrogen-bond acceptors (Lipinski definition) is 3. The van der Waals surface area contributed by atoms with Crippen LogP contribution in [-0.2, 0) is 0 Å². The lowest BCUT2D eigenvalue weighted by Gasteiger charge is -2.25. The Hall–Kier alpha value is -0.870. The van der Waals surface area contributed by atoms with Crippen molar-refractivity contribution in [1.82, 2.24) is 10.7 Å². The van der Waals surface area contributed by atoms with Gasteiger partial charge >= 0.3 is 0 Å². The van der Waals surface area contributed by atoms with E-state index in [0.29, 0.717) is 12.0 Å². The largest absolute Gasteiger partial charge is 0.316 e. The van der Waals surface area contributed by atoms with Gasteiger partial charge in [0.2, 0.25) is 0 Å². The summed E-state index contributed by atoms with van der Waals surface area (Å²) >= 11 is 3.52. The summed E-state index contributed by atoms with van der Waals surface area (Å²) in [5.74, 6) is 0.517. The smallest absolute Gasteiger partial charge is 0.0783 e. The number of benzene rings is 1. The van der Waals surface area contributed by atoms with Gasteiger partial charge in [-0.1, -0.05) is 28.1 Å². The first kappa shape index (κ1) is 10.3. The predicted molar refractivity (Wildman–Crippen MR) is 68.4 cm³/mol. The fourth-order valence-corrected chi connectivity index (χ4v) is 2.89. The van der Waals surface area contributed by atoms with Gasteiger partial charge in [0.05, 0.1) is 6.04 Å². The Bertz CT molecular complexity index is 430. The summed E-state index contributed by atoms with van der Waals surface area (Å²) in [6.07, 6.45) is 1.07. The van der Waals surface area contributed by atoms with Crippen molar-refractivity contribution in [3.63, 3.8) is 0 Å². The minimum atomic E-state index is 0.334. The molecule has 0 spiro atoms. The zero-order chi connectivity index (χ0) is 11.0. The zero-order valence-electron chi connectivity index (χ0n) is 8.91. The summed E-state index contributed by atoms with van der Waals surface area (Å²) < 4.78 is 1.13. The molecule has 1 aromatic carbocycles. The first-order valence-corrected chi connectivity index (χ1v) is 6.42. The average molecular weight is 280 g/mol. The molecule has 1 fully saturated rings. The molecule has 0 amide bonds. The molecule has 2 aliphatic heterocycles. The second-order valence-electron chi connectivity index (χ2n) is 4.33. The van der Waals surface area contributed by atoms with Crippen molar-refractivity contribution < 1.29 is 0 Å². The number of halogens is 1. The molecule has 1 aromatic rings. The number of nitrogens with zero attached hydrogens (tertiary/aromatic N) is 1. The summed E-state index contributed by atoms with van der Waals surface area (Å²) in [7, 11) is 0. The van der Waals surface area contributed by atoms with Crippen LogP contribution < -0.4 is 10.7 Å². The van der Waals surface area contributed by atoms with Gasteiger partial charge in [-0.15, -0.1) is 0 Å². The van der Waals surface area contributed by atoms with E-state index in [9.17, 15) is 0 Å². The van der Waals surface area contributed by atoms with Crippen molar-refractivity contribution >= 4 is 21.6 Å². The highest BCUT2D eigenvalue weighted by molar-refractivity contribution is 9.10. The lowest BCUT2D eigenvalue weighted by atomic mass is 9.87. The molecule has 2 heterocycles. The van der Waals surface area contributed by atoms with E-state index in [2.05, 4.69) is 56.0 Å². The number of hydrazone groups is 1. The van der Waals surface area contributed by atoms with Crippen LogP contribution >= 0.6 is 15.9 Å². The van der Waals surface area contributed by atoms with E-state index in [1.165, 1.54) is 11.3 Å². The van der Waals surface area contributed by atoms with Gasteiger partial charge in [0.25, 0.3) is 0 Å². The number of piperidine rings is 1. The minimum absolute atomic E-state index is 0.334. The van der Waals surface area contributed by atoms with E-state index in [-0.39, 0.29) is 0 Å². The molecule has 0 radical (unpaired) electrons. The van der Waals surface area contributed by atoms with E-state index in [4.69, 9.17) is 0 Å². The van der Waals surface area contributed by atoms with Crippen LogP contribution in [0.4, 0.5) is 0 Å². The minimum Gasteiger partial charge on any atom is -0.316 e. The highest BCUT2D eigenvalue weighted by Crippen LogP contribution is 2.31. The number of hydrogen-bond donors (Lipinski definition) is 2. The van der Waals surface area contributed by atoms with Crippen molar-refractivity contribution in [2.24, 2.45) is 11.0 Å². The SMILES string of the molecule is Brc1cccc(C2NN=C3CCNCC32)c1. The molecule has 0 aromatic heterocycles. The average Bonchev–Trinajstić information content (AvgIpc) is 2.72. The molecule has 16 heavy (non-hydrogen) atoms. The normalized spacial score (nSPS) is 28.2. The fourth-order valence-electron chi connectivity index (χ4n) is 2.48. The Kier molecular flexibility index (Phi) is 2.69. The first-order chi connectivity index (χ1) is 7.84. The van der Waals surface area contributed by atoms with E-state index < -0.39 is 0 Å². The van der Waals surface area contributed by atoms with Crippen molar-refractivity contribution in [2.75, 3.05) is 13.1 Å².